The van der Waals surface area contributed by atoms with Crippen molar-refractivity contribution in [2.75, 3.05) is 52.3 Å². The van der Waals surface area contributed by atoms with Crippen LogP contribution in [0.1, 0.15) is 298 Å². The van der Waals surface area contributed by atoms with Crippen molar-refractivity contribution in [2.24, 2.45) is 54.5 Å². The quantitative estimate of drug-likeness (QED) is 0.00777. The summed E-state index contributed by atoms with van der Waals surface area (Å²) < 4.78 is 359. The summed E-state index contributed by atoms with van der Waals surface area (Å²) in [5.41, 5.74) is -9.07. The molecule has 42 nitrogen and oxygen atoms in total. The van der Waals surface area contributed by atoms with E-state index in [1.807, 2.05) is 46.3 Å². The number of halogens is 3. The number of hydrogen-bond acceptors (Lipinski definition) is 32. The number of esters is 3. The van der Waals surface area contributed by atoms with Gasteiger partial charge in [-0.3, -0.25) is 68.5 Å². The standard InChI is InChI=1S/C26H37N7O4S.C19H23ClN6O4S.2C8H15NO4.C7H13NO.C7H15N.C5H8O2.C3H7NO2.CH2O3.2CH4.Al.BH.2ClH.2K.Li.2H2S.U.5H/c1-17-13-26(6,7)32(14-17)23-19(24(34)30-38(35,36)20-15-31(8)28-18(20)2)9-10-21(27-23)33-12-11-22(29-33)37-16-25(3,4)5;1-12-14(10-25(5)22-12)31(28,29)24-18(27)13-6-7-15(21-17(13)20)26-9-8-16(23-26)30-11-19(2,3)4;2*1-6(7(10)13-4)5-8(2,3)9(11)12;1-5-4-7(2,3)8-6(5)9;1-6-4-7(2,3)8-5-6;1-4(2)5(6)7-3;1-3(2)4(5)6;2-1-4-3;;;;;;;;;;;;;;;;;/h9-12,15,17H,13-14,16H2,1-8H3,(H,30,34);6-10H,11H2,1-5H3,(H,24,27);2*6H,5H2,1-4H3;5H,4H2,1-3H3,(H,8,9);6,8H,4-5H2,1-3H3;1H2,2-3H3;3H,1-2H3;1,3H;2*1H4;;3*1H;;;;2*1H2;;;;;;/q;;;;;;;;;;;;;;;3*+1;;;;;;;2*-1/p-1/t17-;;6-;;5-;6-;;;;;;;;;;;;;;;;;;;;/m0.0.00..................../s1/i1D3,13D2;;2*1D3,4D3,5D2;2*1D3,4D2;2D3,3D3;;;;;;1D;;;;;;;;;;;;;. The van der Waals surface area contributed by atoms with Gasteiger partial charge in [0.25, 0.3) is 38.3 Å². The first-order chi connectivity index (χ1) is 74.5. The van der Waals surface area contributed by atoms with E-state index in [0.29, 0.717) is 30.8 Å². The molecule has 0 bridgehead atoms. The maximum absolute atomic E-state index is 13.6. The Balaban J connectivity index is -0.000000151. The molecule has 6 aromatic rings. The minimum atomic E-state index is -4.35. The first-order valence-electron chi connectivity index (χ1n) is 56.6. The average molecular weight is 2460 g/mol. The Bertz CT molecular complexity index is 6610. The number of carbonyl (C=O) groups is 7. The summed E-state index contributed by atoms with van der Waals surface area (Å²) in [4.78, 5) is 122. The number of rotatable bonds is 24. The van der Waals surface area contributed by atoms with Gasteiger partial charge < -0.3 is 52.2 Å². The largest absolute Gasteiger partial charge is 1.00 e. The zero-order valence-corrected chi connectivity index (χ0v) is 96.9. The molecule has 6 aromatic heterocycles. The first kappa shape index (κ1) is 95.1. The number of aryl methyl sites for hydroxylation is 4. The van der Waals surface area contributed by atoms with Gasteiger partial charge in [-0.05, 0) is 136 Å². The van der Waals surface area contributed by atoms with E-state index in [-0.39, 0.29) is 324 Å². The molecule has 9 rings (SSSR count). The van der Waals surface area contributed by atoms with Gasteiger partial charge in [0.05, 0.1) is 81.0 Å². The van der Waals surface area contributed by atoms with E-state index in [1.54, 1.807) is 66.3 Å². The average Bonchev–Trinajstić information content (AvgIpc) is 1.56. The molecule has 0 aromatic carbocycles. The van der Waals surface area contributed by atoms with Crippen LogP contribution >= 0.6 is 63.4 Å². The summed E-state index contributed by atoms with van der Waals surface area (Å²) in [5, 5.41) is 61.6. The van der Waals surface area contributed by atoms with E-state index in [1.165, 1.54) is 102 Å². The summed E-state index contributed by atoms with van der Waals surface area (Å²) in [6.07, 6.45) is -6.51. The van der Waals surface area contributed by atoms with E-state index in [2.05, 4.69) is 79.8 Å². The van der Waals surface area contributed by atoms with E-state index in [9.17, 15) is 75.9 Å². The first-order valence-corrected chi connectivity index (χ1v) is 40.9. The third-order valence-electron chi connectivity index (χ3n) is 15.7. The SMILES string of the molecule is C.C.CC(C)[N+](=O)[O-].Cc1nn(C)cc1S(=O)(=O)NC(=O)c1ccc(-n2ccc(OCC(C)(C)C)n2)nc1Cl.Cl.Cl.O=CO[O-].S.S.[2H]C([2H])([2H])OC(=O)C(=C)C([2H])([2H])[2H].[2H]C([2H])([2H])OC(=O)C(C([2H])([2H])[2H])C([2H])([2H])C(C)(C)[N+](=O)[O-].[2H]C([2H])([2H])OC(=O)[C@@H](C([2H])([2H])[2H])C([2H])([2H])C(C)(C)[N+](=O)[O-].[2H]C([2H])([2H])[C@@H]1C(=O)NC(C)(C)C1([2H])[2H].[2H]C([2H])([2H])[C@@H]1CN(c2nc(-n3ccc(OCC(C)(C)C)n3)ccc2C(=O)NS(=O)(=O)c2cn(C)nc2C)C(C)(C)C1([2H])[2H].[2H]C([2H])([2H])[C@@H]1CNC(C)(C)C1([2H])[2H].[2H][B].[AlH3].[H-].[H-].[K+].[K+].[Li+].[U]. The number of nitrogens with zero attached hydrogens (tertiary/aromatic N) is 14. The predicted octanol–water partition coefficient (Wildman–Crippen LogP) is 2.37. The molecule has 3 fully saturated rings. The van der Waals surface area contributed by atoms with Crippen molar-refractivity contribution in [3.05, 3.63) is 131 Å². The van der Waals surface area contributed by atoms with Gasteiger partial charge in [0, 0.05) is 233 Å². The molecule has 4 N–H and O–H groups in total. The predicted molar refractivity (Wildman–Crippen MR) is 548 cm³/mol. The Kier molecular flexibility index (Phi) is 48.7. The van der Waals surface area contributed by atoms with Crippen molar-refractivity contribution < 1.29 is 305 Å². The molecule has 3 aliphatic rings. The number of amides is 3. The maximum Gasteiger partial charge on any atom is 1.00 e. The van der Waals surface area contributed by atoms with Gasteiger partial charge in [-0.2, -0.15) is 37.2 Å². The molecular weight excluding hydrogens is 2260 g/mol. The van der Waals surface area contributed by atoms with E-state index in [4.69, 9.17) is 83.2 Å². The Morgan fingerprint density at radius 3 is 1.37 bits per heavy atom. The van der Waals surface area contributed by atoms with Crippen molar-refractivity contribution in [1.82, 2.24) is 69.2 Å². The number of carbonyl (C=O) groups excluding carboxylic acids is 7. The molecular formula is C86H154AlBCl3K2LiN18O24S4U. The molecule has 141 heavy (non-hydrogen) atoms. The van der Waals surface area contributed by atoms with Crippen LogP contribution in [0.5, 0.6) is 11.8 Å². The van der Waals surface area contributed by atoms with Gasteiger partial charge in [-0.1, -0.05) is 109 Å². The zero-order valence-electron chi connectivity index (χ0n) is 120. The minimum absolute atomic E-state index is 0. The second kappa shape index (κ2) is 72.2. The number of methoxy groups -OCH3 is 3. The Hall–Kier alpha value is -4.32. The number of hydrogen-bond donors (Lipinski definition) is 4. The van der Waals surface area contributed by atoms with Crippen molar-refractivity contribution in [2.45, 2.75) is 270 Å². The van der Waals surface area contributed by atoms with Crippen molar-refractivity contribution in [3.8, 4) is 23.4 Å². The minimum Gasteiger partial charge on any atom is -1.00 e. The monoisotopic (exact) mass is 2460 g/mol. The number of nitro groups is 3. The summed E-state index contributed by atoms with van der Waals surface area (Å²) in [7, 11) is -11.1. The number of nitrogens with one attached hydrogen (secondary N) is 4. The van der Waals surface area contributed by atoms with Gasteiger partial charge in [-0.15, -0.1) is 35.0 Å². The maximum atomic E-state index is 13.6. The number of anilines is 1. The molecule has 55 heteroatoms. The van der Waals surface area contributed by atoms with Crippen LogP contribution in [-0.4, -0.2) is 231 Å². The summed E-state index contributed by atoms with van der Waals surface area (Å²) >= 11 is 6.16. The third kappa shape index (κ3) is 59.0. The number of aromatic nitrogens is 10. The molecule has 0 saturated carbocycles. The second-order valence-corrected chi connectivity index (χ2v) is 36.3. The van der Waals surface area contributed by atoms with Crippen molar-refractivity contribution in [1.29, 1.82) is 1.34 Å². The number of pyridine rings is 2. The van der Waals surface area contributed by atoms with Crippen LogP contribution < -0.4 is 161 Å². The molecule has 790 valence electrons. The van der Waals surface area contributed by atoms with Gasteiger partial charge >= 0.3 is 140 Å². The fourth-order valence-corrected chi connectivity index (χ4v) is 12.2. The van der Waals surface area contributed by atoms with E-state index < -0.39 is 229 Å². The molecule has 2 radical (unpaired) electrons. The third-order valence-corrected chi connectivity index (χ3v) is 18.9. The fourth-order valence-electron chi connectivity index (χ4n) is 9.58. The molecule has 5 atom stereocenters. The van der Waals surface area contributed by atoms with Gasteiger partial charge in [0.15, 0.2) is 29.0 Å². The van der Waals surface area contributed by atoms with Crippen molar-refractivity contribution in [3.63, 3.8) is 0 Å². The Labute approximate surface area is 1050 Å². The van der Waals surface area contributed by atoms with E-state index in [0.717, 1.165) is 27.7 Å². The van der Waals surface area contributed by atoms with Crippen LogP contribution in [0.25, 0.3) is 11.6 Å². The fraction of sp³-hybridized carbons (Fsp3) is 0.640. The van der Waals surface area contributed by atoms with Crippen LogP contribution in [-0.2, 0) is 77.2 Å². The molecule has 1 unspecified atom stereocenters. The molecule has 0 aliphatic carbocycles. The number of ether oxygens (including phenoxy) is 5. The normalized spacial score (nSPS) is 20.9. The number of sulfonamides is 2. The Morgan fingerprint density at radius 2 is 1.09 bits per heavy atom. The molecule has 3 aliphatic heterocycles. The van der Waals surface area contributed by atoms with Gasteiger partial charge in [0.1, 0.15) is 20.8 Å². The van der Waals surface area contributed by atoms with Crippen LogP contribution in [0.15, 0.2) is 83.1 Å². The second-order valence-electron chi connectivity index (χ2n) is 32.6. The van der Waals surface area contributed by atoms with Crippen LogP contribution in [0, 0.1) is 116 Å². The van der Waals surface area contributed by atoms with Crippen LogP contribution in [0.2, 0.25) is 5.15 Å². The smallest absolute Gasteiger partial charge is 1.00 e. The molecule has 9 heterocycles. The molecule has 3 amide bonds. The Morgan fingerprint density at radius 1 is 0.688 bits per heavy atom. The summed E-state index contributed by atoms with van der Waals surface area (Å²) in [5.74, 6) is -15.8. The zero-order chi connectivity index (χ0) is 133. The van der Waals surface area contributed by atoms with Gasteiger partial charge in [0.2, 0.25) is 34.8 Å². The van der Waals surface area contributed by atoms with E-state index >= 15 is 0 Å². The summed E-state index contributed by atoms with van der Waals surface area (Å²) in [6.45, 7) is 17.6. The summed E-state index contributed by atoms with van der Waals surface area (Å²) in [6, 6.07) is 8.59. The molecule has 0 spiro atoms. The molecule has 3 saturated heterocycles. The van der Waals surface area contributed by atoms with Gasteiger partial charge in [-0.25, -0.2) is 50.4 Å². The van der Waals surface area contributed by atoms with Crippen LogP contribution in [0.4, 0.5) is 5.82 Å². The topological polar surface area (TPSA) is 544 Å². The van der Waals surface area contributed by atoms with Crippen LogP contribution in [0.3, 0.4) is 0 Å². The van der Waals surface area contributed by atoms with Crippen molar-refractivity contribution >= 4 is 157 Å².